The molecule has 0 spiro atoms. The molecule has 20 heavy (non-hydrogen) atoms. The van der Waals surface area contributed by atoms with Gasteiger partial charge in [0.15, 0.2) is 0 Å². The van der Waals surface area contributed by atoms with Crippen molar-refractivity contribution < 1.29 is 14.4 Å². The first-order chi connectivity index (χ1) is 9.47. The molecule has 1 aliphatic rings. The number of rotatable bonds is 5. The van der Waals surface area contributed by atoms with Gasteiger partial charge in [-0.3, -0.25) is 19.3 Å². The molecule has 6 nitrogen and oxygen atoms in total. The number of likely N-dealkylation sites (N-methyl/N-ethyl adjacent to an activating group) is 1. The molecule has 1 heterocycles. The fourth-order valence-corrected chi connectivity index (χ4v) is 2.23. The number of nitrogens with one attached hydrogen (secondary N) is 1. The largest absolute Gasteiger partial charge is 0.357 e. The van der Waals surface area contributed by atoms with Crippen LogP contribution >= 0.6 is 0 Å². The van der Waals surface area contributed by atoms with Crippen LogP contribution in [-0.2, 0) is 14.4 Å². The Morgan fingerprint density at radius 1 is 1.45 bits per heavy atom. The smallest absolute Gasteiger partial charge is 0.244 e. The number of carbonyl (C=O) groups is 3. The molecule has 0 aromatic heterocycles. The number of likely N-dealkylation sites (tertiary alicyclic amines) is 1. The normalized spacial score (nSPS) is 21.1. The fourth-order valence-electron chi connectivity index (χ4n) is 2.23. The number of imide groups is 1. The first kappa shape index (κ1) is 18.6. The van der Waals surface area contributed by atoms with Crippen LogP contribution in [0.25, 0.3) is 0 Å². The average Bonchev–Trinajstić information content (AvgIpc) is 2.77. The van der Waals surface area contributed by atoms with E-state index in [0.29, 0.717) is 0 Å². The van der Waals surface area contributed by atoms with Crippen molar-refractivity contribution in [2.75, 3.05) is 13.6 Å². The molecule has 1 saturated heterocycles. The molecule has 0 aliphatic carbocycles. The molecule has 1 fully saturated rings. The molecule has 0 radical (unpaired) electrons. The average molecular weight is 285 g/mol. The van der Waals surface area contributed by atoms with Gasteiger partial charge in [-0.05, 0) is 5.92 Å². The molecular formula is C14H27N3O3. The van der Waals surface area contributed by atoms with Crippen molar-refractivity contribution in [1.29, 1.82) is 0 Å². The predicted molar refractivity (Wildman–Crippen MR) is 77.7 cm³/mol. The highest BCUT2D eigenvalue weighted by Gasteiger charge is 2.45. The molecule has 0 aromatic rings. The van der Waals surface area contributed by atoms with E-state index in [1.807, 2.05) is 27.7 Å². The van der Waals surface area contributed by atoms with E-state index < -0.39 is 11.9 Å². The van der Waals surface area contributed by atoms with E-state index in [-0.39, 0.29) is 36.6 Å². The Morgan fingerprint density at radius 2 is 2.00 bits per heavy atom. The second-order valence-corrected chi connectivity index (χ2v) is 4.66. The summed E-state index contributed by atoms with van der Waals surface area (Å²) >= 11 is 0. The van der Waals surface area contributed by atoms with Gasteiger partial charge in [-0.25, -0.2) is 0 Å². The molecule has 6 heteroatoms. The van der Waals surface area contributed by atoms with Crippen LogP contribution in [0.15, 0.2) is 0 Å². The molecule has 0 saturated carbocycles. The van der Waals surface area contributed by atoms with Crippen LogP contribution in [0.3, 0.4) is 0 Å². The monoisotopic (exact) mass is 285 g/mol. The molecule has 3 N–H and O–H groups in total. The Balaban J connectivity index is 0.00000172. The summed E-state index contributed by atoms with van der Waals surface area (Å²) in [6.45, 7) is 7.87. The number of amides is 3. The summed E-state index contributed by atoms with van der Waals surface area (Å²) in [5.74, 6) is -1.16. The second-order valence-electron chi connectivity index (χ2n) is 4.66. The highest BCUT2D eigenvalue weighted by atomic mass is 16.2. The maximum absolute atomic E-state index is 12.2. The Labute approximate surface area is 121 Å². The lowest BCUT2D eigenvalue weighted by molar-refractivity contribution is -0.147. The van der Waals surface area contributed by atoms with Crippen LogP contribution in [0.4, 0.5) is 0 Å². The lowest BCUT2D eigenvalue weighted by Crippen LogP contribution is -2.52. The van der Waals surface area contributed by atoms with Gasteiger partial charge in [0.2, 0.25) is 17.7 Å². The Kier molecular flexibility index (Phi) is 8.06. The first-order valence-corrected chi connectivity index (χ1v) is 7.25. The quantitative estimate of drug-likeness (QED) is 0.720. The van der Waals surface area contributed by atoms with Gasteiger partial charge in [-0.1, -0.05) is 34.1 Å². The third-order valence-electron chi connectivity index (χ3n) is 3.63. The van der Waals surface area contributed by atoms with Gasteiger partial charge in [-0.2, -0.15) is 0 Å². The van der Waals surface area contributed by atoms with Crippen LogP contribution in [0.2, 0.25) is 0 Å². The molecule has 0 aromatic carbocycles. The zero-order valence-corrected chi connectivity index (χ0v) is 13.1. The SMILES string of the molecule is CC.CCC(C)C1CC(=O)N(C(CN)C(=O)NC)C1=O. The Morgan fingerprint density at radius 3 is 2.40 bits per heavy atom. The molecule has 116 valence electrons. The number of nitrogens with two attached hydrogens (primary N) is 1. The van der Waals surface area contributed by atoms with Crippen molar-refractivity contribution in [1.82, 2.24) is 10.2 Å². The number of nitrogens with zero attached hydrogens (tertiary/aromatic N) is 1. The van der Waals surface area contributed by atoms with Gasteiger partial charge in [0.05, 0.1) is 0 Å². The summed E-state index contributed by atoms with van der Waals surface area (Å²) in [5, 5.41) is 2.43. The van der Waals surface area contributed by atoms with Crippen LogP contribution in [0.5, 0.6) is 0 Å². The highest BCUT2D eigenvalue weighted by molar-refractivity contribution is 6.07. The van der Waals surface area contributed by atoms with E-state index in [9.17, 15) is 14.4 Å². The van der Waals surface area contributed by atoms with Gasteiger partial charge in [0, 0.05) is 25.9 Å². The van der Waals surface area contributed by atoms with Gasteiger partial charge < -0.3 is 11.1 Å². The van der Waals surface area contributed by atoms with Crippen molar-refractivity contribution >= 4 is 17.7 Å². The van der Waals surface area contributed by atoms with Crippen molar-refractivity contribution in [3.8, 4) is 0 Å². The maximum atomic E-state index is 12.2. The predicted octanol–water partition coefficient (Wildman–Crippen LogP) is 0.507. The van der Waals surface area contributed by atoms with Crippen molar-refractivity contribution in [2.45, 2.75) is 46.6 Å². The second kappa shape index (κ2) is 8.68. The molecular weight excluding hydrogens is 258 g/mol. The number of hydrogen-bond acceptors (Lipinski definition) is 4. The van der Waals surface area contributed by atoms with E-state index in [2.05, 4.69) is 5.32 Å². The fraction of sp³-hybridized carbons (Fsp3) is 0.786. The third kappa shape index (κ3) is 3.79. The minimum atomic E-state index is -0.885. The van der Waals surface area contributed by atoms with Gasteiger partial charge in [0.1, 0.15) is 6.04 Å². The van der Waals surface area contributed by atoms with Crippen molar-refractivity contribution in [3.63, 3.8) is 0 Å². The van der Waals surface area contributed by atoms with Crippen molar-refractivity contribution in [3.05, 3.63) is 0 Å². The molecule has 3 atom stereocenters. The summed E-state index contributed by atoms with van der Waals surface area (Å²) in [6.07, 6.45) is 1.01. The summed E-state index contributed by atoms with van der Waals surface area (Å²) in [6, 6.07) is -0.885. The molecule has 1 aliphatic heterocycles. The number of carbonyl (C=O) groups excluding carboxylic acids is 3. The summed E-state index contributed by atoms with van der Waals surface area (Å²) in [4.78, 5) is 36.8. The van der Waals surface area contributed by atoms with E-state index in [1.165, 1.54) is 7.05 Å². The van der Waals surface area contributed by atoms with E-state index in [1.54, 1.807) is 0 Å². The highest BCUT2D eigenvalue weighted by Crippen LogP contribution is 2.29. The van der Waals surface area contributed by atoms with Gasteiger partial charge in [-0.15, -0.1) is 0 Å². The minimum Gasteiger partial charge on any atom is -0.357 e. The standard InChI is InChI=1S/C12H21N3O3.C2H6/c1-4-7(2)8-5-10(16)15(12(8)18)9(6-13)11(17)14-3;1-2/h7-9H,4-6,13H2,1-3H3,(H,14,17);1-2H3. The van der Waals surface area contributed by atoms with Gasteiger partial charge in [0.25, 0.3) is 0 Å². The molecule has 3 unspecified atom stereocenters. The summed E-state index contributed by atoms with van der Waals surface area (Å²) in [5.41, 5.74) is 5.50. The van der Waals surface area contributed by atoms with Crippen LogP contribution in [0.1, 0.15) is 40.5 Å². The lowest BCUT2D eigenvalue weighted by atomic mass is 9.90. The Bertz CT molecular complexity index is 358. The van der Waals surface area contributed by atoms with E-state index >= 15 is 0 Å². The van der Waals surface area contributed by atoms with Crippen LogP contribution < -0.4 is 11.1 Å². The minimum absolute atomic E-state index is 0.0512. The first-order valence-electron chi connectivity index (χ1n) is 7.25. The third-order valence-corrected chi connectivity index (χ3v) is 3.63. The van der Waals surface area contributed by atoms with E-state index in [4.69, 9.17) is 5.73 Å². The molecule has 3 amide bonds. The van der Waals surface area contributed by atoms with Crippen molar-refractivity contribution in [2.24, 2.45) is 17.6 Å². The topological polar surface area (TPSA) is 92.5 Å². The van der Waals surface area contributed by atoms with Crippen LogP contribution in [0, 0.1) is 11.8 Å². The Hall–Kier alpha value is -1.43. The lowest BCUT2D eigenvalue weighted by Gasteiger charge is -2.24. The maximum Gasteiger partial charge on any atom is 0.244 e. The molecule has 1 rings (SSSR count). The molecule has 0 bridgehead atoms. The zero-order chi connectivity index (χ0) is 15.9. The number of hydrogen-bond donors (Lipinski definition) is 2. The summed E-state index contributed by atoms with van der Waals surface area (Å²) < 4.78 is 0. The van der Waals surface area contributed by atoms with E-state index in [0.717, 1.165) is 11.3 Å². The zero-order valence-electron chi connectivity index (χ0n) is 13.1. The van der Waals surface area contributed by atoms with Crippen LogP contribution in [-0.4, -0.2) is 42.3 Å². The summed E-state index contributed by atoms with van der Waals surface area (Å²) in [7, 11) is 1.46. The van der Waals surface area contributed by atoms with Gasteiger partial charge >= 0.3 is 0 Å².